The Balaban J connectivity index is 1.57. The van der Waals surface area contributed by atoms with E-state index in [1.807, 2.05) is 11.8 Å². The number of hydrogen-bond acceptors (Lipinski definition) is 8. The van der Waals surface area contributed by atoms with E-state index in [-0.39, 0.29) is 11.3 Å². The Morgan fingerprint density at radius 3 is 2.39 bits per heavy atom. The van der Waals surface area contributed by atoms with Crippen LogP contribution in [0.1, 0.15) is 53.3 Å². The number of nitro benzene ring substituents is 1. The van der Waals surface area contributed by atoms with Crippen LogP contribution in [0.15, 0.2) is 36.4 Å². The van der Waals surface area contributed by atoms with E-state index in [9.17, 15) is 19.7 Å². The maximum absolute atomic E-state index is 13.0. The fourth-order valence-electron chi connectivity index (χ4n) is 4.55. The van der Waals surface area contributed by atoms with Crippen LogP contribution >= 0.6 is 0 Å². The lowest BCUT2D eigenvalue weighted by atomic mass is 10.1. The first-order chi connectivity index (χ1) is 17.5. The number of carbonyl (C=O) groups excluding carboxylic acids is 2. The number of esters is 1. The fraction of sp³-hybridized carbons (Fsp3) is 0.462. The summed E-state index contributed by atoms with van der Waals surface area (Å²) in [5, 5.41) is 14.6. The van der Waals surface area contributed by atoms with Crippen molar-refractivity contribution in [3.63, 3.8) is 0 Å². The highest BCUT2D eigenvalue weighted by Gasteiger charge is 2.24. The van der Waals surface area contributed by atoms with E-state index in [2.05, 4.69) is 10.2 Å². The molecule has 0 spiro atoms. The van der Waals surface area contributed by atoms with Crippen LogP contribution < -0.4 is 15.1 Å². The molecule has 192 valence electrons. The topological polar surface area (TPSA) is 114 Å². The molecule has 1 amide bonds. The van der Waals surface area contributed by atoms with Gasteiger partial charge >= 0.3 is 5.97 Å². The number of hydrogen-bond donors (Lipinski definition) is 1. The molecular formula is C26H32N4O6. The number of nitrogens with one attached hydrogen (secondary N) is 1. The third-order valence-electron chi connectivity index (χ3n) is 6.39. The van der Waals surface area contributed by atoms with Gasteiger partial charge in [-0.25, -0.2) is 4.79 Å². The molecule has 0 aromatic heterocycles. The fourth-order valence-corrected chi connectivity index (χ4v) is 4.55. The van der Waals surface area contributed by atoms with Gasteiger partial charge in [0.25, 0.3) is 11.6 Å². The summed E-state index contributed by atoms with van der Waals surface area (Å²) in [5.74, 6) is -0.953. The number of rotatable bonds is 8. The summed E-state index contributed by atoms with van der Waals surface area (Å²) in [6, 6.07) is 9.66. The Hall–Kier alpha value is -3.66. The third kappa shape index (κ3) is 5.93. The van der Waals surface area contributed by atoms with Crippen LogP contribution in [0.25, 0.3) is 0 Å². The second-order valence-corrected chi connectivity index (χ2v) is 8.93. The van der Waals surface area contributed by atoms with Crippen molar-refractivity contribution in [3.05, 3.63) is 57.6 Å². The van der Waals surface area contributed by atoms with Crippen LogP contribution in [-0.4, -0.2) is 62.8 Å². The Kier molecular flexibility index (Phi) is 8.37. The lowest BCUT2D eigenvalue weighted by molar-refractivity contribution is -0.384. The second kappa shape index (κ2) is 11.9. The van der Waals surface area contributed by atoms with E-state index >= 15 is 0 Å². The van der Waals surface area contributed by atoms with Crippen molar-refractivity contribution in [1.82, 2.24) is 0 Å². The number of morpholine rings is 1. The molecule has 0 bridgehead atoms. The zero-order valence-electron chi connectivity index (χ0n) is 20.5. The maximum Gasteiger partial charge on any atom is 0.340 e. The standard InChI is InChI=1S/C26H32N4O6/c1-2-14-36-26(32)21-18-20(7-9-22(21)29-12-15-35-16-13-29)27-25(31)19-6-8-23(24(17-19)30(33)34)28-10-4-3-5-11-28/h6-9,17-18H,2-5,10-16H2,1H3,(H,27,31). The predicted molar refractivity (Wildman–Crippen MR) is 137 cm³/mol. The van der Waals surface area contributed by atoms with Crippen molar-refractivity contribution in [2.45, 2.75) is 32.6 Å². The summed E-state index contributed by atoms with van der Waals surface area (Å²) < 4.78 is 10.8. The van der Waals surface area contributed by atoms with Crippen LogP contribution in [0.2, 0.25) is 0 Å². The summed E-state index contributed by atoms with van der Waals surface area (Å²) in [6.45, 7) is 6.16. The zero-order valence-corrected chi connectivity index (χ0v) is 20.5. The van der Waals surface area contributed by atoms with Gasteiger partial charge in [0.15, 0.2) is 0 Å². The normalized spacial score (nSPS) is 15.9. The summed E-state index contributed by atoms with van der Waals surface area (Å²) in [7, 11) is 0. The van der Waals surface area contributed by atoms with Crippen molar-refractivity contribution in [3.8, 4) is 0 Å². The van der Waals surface area contributed by atoms with E-state index in [1.165, 1.54) is 6.07 Å². The number of benzene rings is 2. The first-order valence-electron chi connectivity index (χ1n) is 12.5. The molecule has 0 aliphatic carbocycles. The molecule has 10 nitrogen and oxygen atoms in total. The highest BCUT2D eigenvalue weighted by molar-refractivity contribution is 6.06. The molecule has 2 aromatic carbocycles. The molecule has 36 heavy (non-hydrogen) atoms. The highest BCUT2D eigenvalue weighted by Crippen LogP contribution is 2.32. The lowest BCUT2D eigenvalue weighted by Gasteiger charge is -2.30. The van der Waals surface area contributed by atoms with E-state index in [0.717, 1.165) is 38.0 Å². The Morgan fingerprint density at radius 2 is 1.69 bits per heavy atom. The van der Waals surface area contributed by atoms with Crippen LogP contribution in [-0.2, 0) is 9.47 Å². The molecule has 2 aromatic rings. The number of piperidine rings is 1. The molecular weight excluding hydrogens is 464 g/mol. The predicted octanol–water partition coefficient (Wildman–Crippen LogP) is 4.24. The minimum Gasteiger partial charge on any atom is -0.462 e. The van der Waals surface area contributed by atoms with Crippen molar-refractivity contribution in [1.29, 1.82) is 0 Å². The van der Waals surface area contributed by atoms with Crippen molar-refractivity contribution in [2.24, 2.45) is 0 Å². The van der Waals surface area contributed by atoms with Gasteiger partial charge in [0, 0.05) is 43.5 Å². The van der Waals surface area contributed by atoms with Crippen LogP contribution in [0.5, 0.6) is 0 Å². The number of anilines is 3. The van der Waals surface area contributed by atoms with Crippen LogP contribution in [0, 0.1) is 10.1 Å². The van der Waals surface area contributed by atoms with Crippen molar-refractivity contribution < 1.29 is 24.0 Å². The van der Waals surface area contributed by atoms with Gasteiger partial charge in [-0.15, -0.1) is 0 Å². The molecule has 2 aliphatic heterocycles. The van der Waals surface area contributed by atoms with Crippen LogP contribution in [0.4, 0.5) is 22.7 Å². The summed E-state index contributed by atoms with van der Waals surface area (Å²) >= 11 is 0. The van der Waals surface area contributed by atoms with Gasteiger partial charge in [-0.05, 0) is 56.0 Å². The molecule has 10 heteroatoms. The molecule has 0 unspecified atom stereocenters. The SMILES string of the molecule is CCCOC(=O)c1cc(NC(=O)c2ccc(N3CCCCC3)c([N+](=O)[O-])c2)ccc1N1CCOCC1. The van der Waals surface area contributed by atoms with Gasteiger partial charge in [0.05, 0.1) is 36.0 Å². The van der Waals surface area contributed by atoms with E-state index in [1.54, 1.807) is 30.3 Å². The van der Waals surface area contributed by atoms with Crippen LogP contribution in [0.3, 0.4) is 0 Å². The highest BCUT2D eigenvalue weighted by atomic mass is 16.6. The minimum atomic E-state index is -0.490. The van der Waals surface area contributed by atoms with E-state index in [4.69, 9.17) is 9.47 Å². The van der Waals surface area contributed by atoms with E-state index < -0.39 is 16.8 Å². The smallest absolute Gasteiger partial charge is 0.340 e. The molecule has 0 saturated carbocycles. The van der Waals surface area contributed by atoms with E-state index in [0.29, 0.717) is 56.3 Å². The zero-order chi connectivity index (χ0) is 25.5. The van der Waals surface area contributed by atoms with Gasteiger partial charge in [-0.1, -0.05) is 6.92 Å². The van der Waals surface area contributed by atoms with Gasteiger partial charge in [-0.2, -0.15) is 0 Å². The molecule has 0 atom stereocenters. The third-order valence-corrected chi connectivity index (χ3v) is 6.39. The molecule has 4 rings (SSSR count). The molecule has 2 aliphatic rings. The van der Waals surface area contributed by atoms with Gasteiger partial charge in [0.1, 0.15) is 5.69 Å². The summed E-state index contributed by atoms with van der Waals surface area (Å²) in [5.41, 5.74) is 2.11. The molecule has 2 heterocycles. The number of carbonyl (C=O) groups is 2. The number of ether oxygens (including phenoxy) is 2. The second-order valence-electron chi connectivity index (χ2n) is 8.93. The Morgan fingerprint density at radius 1 is 1.00 bits per heavy atom. The molecule has 2 saturated heterocycles. The monoisotopic (exact) mass is 496 g/mol. The summed E-state index contributed by atoms with van der Waals surface area (Å²) in [4.78, 5) is 41.2. The first kappa shape index (κ1) is 25.4. The first-order valence-corrected chi connectivity index (χ1v) is 12.5. The molecule has 0 radical (unpaired) electrons. The average Bonchev–Trinajstić information content (AvgIpc) is 2.92. The van der Waals surface area contributed by atoms with Gasteiger partial charge in [0.2, 0.25) is 0 Å². The maximum atomic E-state index is 13.0. The number of amides is 1. The summed E-state index contributed by atoms with van der Waals surface area (Å²) in [6.07, 6.45) is 3.79. The van der Waals surface area contributed by atoms with Crippen molar-refractivity contribution >= 4 is 34.6 Å². The average molecular weight is 497 g/mol. The van der Waals surface area contributed by atoms with Gasteiger partial charge in [-0.3, -0.25) is 14.9 Å². The number of nitrogens with zero attached hydrogens (tertiary/aromatic N) is 3. The van der Waals surface area contributed by atoms with Gasteiger partial charge < -0.3 is 24.6 Å². The Labute approximate surface area is 210 Å². The minimum absolute atomic E-state index is 0.0870. The molecule has 2 fully saturated rings. The van der Waals surface area contributed by atoms with Crippen molar-refractivity contribution in [2.75, 3.05) is 61.1 Å². The lowest BCUT2D eigenvalue weighted by Crippen LogP contribution is -2.37. The quantitative estimate of drug-likeness (QED) is 0.328. The largest absolute Gasteiger partial charge is 0.462 e. The number of nitro groups is 1. The Bertz CT molecular complexity index is 1110. The molecule has 1 N–H and O–H groups in total.